The number of fused-ring (bicyclic) bond motifs is 4. The number of hydrogen-bond donors (Lipinski definition) is 0. The Labute approximate surface area is 303 Å². The molecule has 0 bridgehead atoms. The monoisotopic (exact) mass is 678 g/mol. The average molecular weight is 679 g/mol. The molecule has 0 aliphatic carbocycles. The Balaban J connectivity index is 1.46. The standard InChI is InChI=1S/C48H38O4/c1-27-7-15-33(16-8-27)47(49)51-45-37-21-13-29(3)23-39(37)43(35-19-11-31(5)25-41(35)45)44-36-20-12-32(6)26-42(36)46(38-22-14-30(4)24-40(38)44)52-48(50)34-17-9-28(2)10-18-34/h7-26H,1-6H3. The Bertz CT molecular complexity index is 2560. The highest BCUT2D eigenvalue weighted by Gasteiger charge is 2.25. The van der Waals surface area contributed by atoms with Crippen LogP contribution in [0, 0.1) is 41.5 Å². The second-order valence-corrected chi connectivity index (χ2v) is 14.1. The maximum absolute atomic E-state index is 13.7. The quantitative estimate of drug-likeness (QED) is 0.103. The van der Waals surface area contributed by atoms with Crippen molar-refractivity contribution in [2.24, 2.45) is 0 Å². The van der Waals surface area contributed by atoms with Gasteiger partial charge < -0.3 is 9.47 Å². The van der Waals surface area contributed by atoms with Crippen LogP contribution in [-0.4, -0.2) is 11.9 Å². The fourth-order valence-corrected chi connectivity index (χ4v) is 7.28. The van der Waals surface area contributed by atoms with Crippen LogP contribution in [0.5, 0.6) is 11.5 Å². The number of benzene rings is 8. The molecule has 0 fully saturated rings. The first-order valence-electron chi connectivity index (χ1n) is 17.6. The molecule has 0 radical (unpaired) electrons. The van der Waals surface area contributed by atoms with Crippen LogP contribution in [0.25, 0.3) is 54.2 Å². The zero-order valence-corrected chi connectivity index (χ0v) is 30.2. The van der Waals surface area contributed by atoms with Gasteiger partial charge in [0.1, 0.15) is 11.5 Å². The van der Waals surface area contributed by atoms with Crippen LogP contribution in [-0.2, 0) is 0 Å². The second kappa shape index (κ2) is 12.8. The first-order chi connectivity index (χ1) is 25.0. The summed E-state index contributed by atoms with van der Waals surface area (Å²) in [6, 6.07) is 40.2. The first-order valence-corrected chi connectivity index (χ1v) is 17.6. The van der Waals surface area contributed by atoms with Crippen molar-refractivity contribution in [1.29, 1.82) is 0 Å². The number of hydrogen-bond acceptors (Lipinski definition) is 4. The molecule has 0 spiro atoms. The van der Waals surface area contributed by atoms with Crippen molar-refractivity contribution in [1.82, 2.24) is 0 Å². The first kappa shape index (κ1) is 32.9. The maximum atomic E-state index is 13.7. The molecule has 4 nitrogen and oxygen atoms in total. The molecular formula is C48H38O4. The molecule has 0 aliphatic heterocycles. The van der Waals surface area contributed by atoms with E-state index in [0.29, 0.717) is 22.6 Å². The van der Waals surface area contributed by atoms with E-state index in [0.717, 1.165) is 87.6 Å². The van der Waals surface area contributed by atoms with Crippen molar-refractivity contribution >= 4 is 55.0 Å². The smallest absolute Gasteiger partial charge is 0.343 e. The van der Waals surface area contributed by atoms with Crippen molar-refractivity contribution in [2.75, 3.05) is 0 Å². The molecule has 8 rings (SSSR count). The highest BCUT2D eigenvalue weighted by atomic mass is 16.5. The number of rotatable bonds is 5. The van der Waals surface area contributed by atoms with E-state index < -0.39 is 11.9 Å². The van der Waals surface area contributed by atoms with E-state index in [9.17, 15) is 9.59 Å². The van der Waals surface area contributed by atoms with Crippen LogP contribution < -0.4 is 9.47 Å². The molecule has 0 saturated carbocycles. The molecule has 0 heterocycles. The third kappa shape index (κ3) is 5.76. The minimum absolute atomic E-state index is 0.404. The van der Waals surface area contributed by atoms with Crippen molar-refractivity contribution < 1.29 is 19.1 Å². The Hall–Kier alpha value is -6.26. The molecule has 4 heteroatoms. The molecule has 0 saturated heterocycles. The Morgan fingerprint density at radius 2 is 0.615 bits per heavy atom. The van der Waals surface area contributed by atoms with Crippen molar-refractivity contribution in [3.05, 3.63) is 166 Å². The third-order valence-corrected chi connectivity index (χ3v) is 9.97. The van der Waals surface area contributed by atoms with Gasteiger partial charge in [-0.15, -0.1) is 0 Å². The van der Waals surface area contributed by atoms with Crippen LogP contribution >= 0.6 is 0 Å². The molecule has 8 aromatic rings. The van der Waals surface area contributed by atoms with Crippen molar-refractivity contribution in [2.45, 2.75) is 41.5 Å². The number of esters is 2. The normalized spacial score (nSPS) is 11.4. The summed E-state index contributed by atoms with van der Waals surface area (Å²) >= 11 is 0. The zero-order chi connectivity index (χ0) is 36.3. The van der Waals surface area contributed by atoms with Gasteiger partial charge in [-0.25, -0.2) is 9.59 Å². The van der Waals surface area contributed by atoms with Gasteiger partial charge in [0.05, 0.1) is 11.1 Å². The van der Waals surface area contributed by atoms with Gasteiger partial charge in [0, 0.05) is 21.5 Å². The number of carbonyl (C=O) groups excluding carboxylic acids is 2. The van der Waals surface area contributed by atoms with E-state index in [1.165, 1.54) is 0 Å². The van der Waals surface area contributed by atoms with E-state index in [1.807, 2.05) is 62.4 Å². The summed E-state index contributed by atoms with van der Waals surface area (Å²) in [7, 11) is 0. The zero-order valence-electron chi connectivity index (χ0n) is 30.2. The van der Waals surface area contributed by atoms with Crippen LogP contribution in [0.2, 0.25) is 0 Å². The summed E-state index contributed by atoms with van der Waals surface area (Å²) in [5.41, 5.74) is 9.47. The molecule has 0 amide bonds. The summed E-state index contributed by atoms with van der Waals surface area (Å²) in [6.07, 6.45) is 0. The summed E-state index contributed by atoms with van der Waals surface area (Å²) < 4.78 is 12.8. The van der Waals surface area contributed by atoms with Gasteiger partial charge in [0.2, 0.25) is 0 Å². The second-order valence-electron chi connectivity index (χ2n) is 14.1. The van der Waals surface area contributed by atoms with Gasteiger partial charge in [-0.3, -0.25) is 0 Å². The molecule has 0 unspecified atom stereocenters. The Kier molecular flexibility index (Phi) is 8.11. The lowest BCUT2D eigenvalue weighted by Crippen LogP contribution is -2.10. The Morgan fingerprint density at radius 1 is 0.327 bits per heavy atom. The van der Waals surface area contributed by atoms with Gasteiger partial charge in [-0.05, 0) is 111 Å². The maximum Gasteiger partial charge on any atom is 0.343 e. The molecule has 0 aliphatic rings. The molecule has 254 valence electrons. The van der Waals surface area contributed by atoms with Gasteiger partial charge in [-0.1, -0.05) is 118 Å². The average Bonchev–Trinajstić information content (AvgIpc) is 3.12. The van der Waals surface area contributed by atoms with Crippen molar-refractivity contribution in [3.63, 3.8) is 0 Å². The van der Waals surface area contributed by atoms with Crippen molar-refractivity contribution in [3.8, 4) is 22.6 Å². The molecule has 52 heavy (non-hydrogen) atoms. The SMILES string of the molecule is Cc1ccc(C(=O)Oc2c3cc(C)ccc3c(-c3c4ccc(C)cc4c(OC(=O)c4ccc(C)cc4)c4ccc(C)cc34)c3cc(C)ccc23)cc1. The topological polar surface area (TPSA) is 52.6 Å². The van der Waals surface area contributed by atoms with E-state index in [-0.39, 0.29) is 0 Å². The van der Waals surface area contributed by atoms with Gasteiger partial charge in [0.25, 0.3) is 0 Å². The van der Waals surface area contributed by atoms with Gasteiger partial charge in [0.15, 0.2) is 0 Å². The van der Waals surface area contributed by atoms with Crippen LogP contribution in [0.1, 0.15) is 54.1 Å². The number of aryl methyl sites for hydroxylation is 6. The fourth-order valence-electron chi connectivity index (χ4n) is 7.28. The predicted molar refractivity (Wildman–Crippen MR) is 213 cm³/mol. The minimum Gasteiger partial charge on any atom is -0.422 e. The Morgan fingerprint density at radius 3 is 0.962 bits per heavy atom. The summed E-state index contributed by atoms with van der Waals surface area (Å²) in [5.74, 6) is 0.262. The van der Waals surface area contributed by atoms with E-state index in [1.54, 1.807) is 0 Å². The highest BCUT2D eigenvalue weighted by molar-refractivity contribution is 6.27. The lowest BCUT2D eigenvalue weighted by atomic mass is 9.84. The lowest BCUT2D eigenvalue weighted by Gasteiger charge is -2.22. The summed E-state index contributed by atoms with van der Waals surface area (Å²) in [4.78, 5) is 27.4. The summed E-state index contributed by atoms with van der Waals surface area (Å²) in [5, 5.41) is 7.25. The third-order valence-electron chi connectivity index (χ3n) is 9.97. The van der Waals surface area contributed by atoms with Crippen LogP contribution in [0.15, 0.2) is 121 Å². The largest absolute Gasteiger partial charge is 0.422 e. The number of ether oxygens (including phenoxy) is 2. The van der Waals surface area contributed by atoms with E-state index in [2.05, 4.69) is 100 Å². The molecule has 0 atom stereocenters. The molecular weight excluding hydrogens is 641 g/mol. The van der Waals surface area contributed by atoms with Gasteiger partial charge in [-0.2, -0.15) is 0 Å². The van der Waals surface area contributed by atoms with Crippen LogP contribution in [0.3, 0.4) is 0 Å². The lowest BCUT2D eigenvalue weighted by molar-refractivity contribution is 0.0730. The minimum atomic E-state index is -0.404. The molecule has 0 N–H and O–H groups in total. The highest BCUT2D eigenvalue weighted by Crippen LogP contribution is 2.50. The van der Waals surface area contributed by atoms with E-state index in [4.69, 9.17) is 9.47 Å². The van der Waals surface area contributed by atoms with Crippen LogP contribution in [0.4, 0.5) is 0 Å². The molecule has 0 aromatic heterocycles. The molecule has 8 aromatic carbocycles. The van der Waals surface area contributed by atoms with Gasteiger partial charge >= 0.3 is 11.9 Å². The van der Waals surface area contributed by atoms with E-state index >= 15 is 0 Å². The fraction of sp³-hybridized carbons (Fsp3) is 0.125. The predicted octanol–water partition coefficient (Wildman–Crippen LogP) is 12.3. The summed E-state index contributed by atoms with van der Waals surface area (Å²) in [6.45, 7) is 12.3. The number of carbonyl (C=O) groups is 2.